The molecule has 5 nitrogen and oxygen atoms in total. The number of esters is 1. The Kier molecular flexibility index (Phi) is 7.12. The molecule has 2 atom stereocenters. The number of ether oxygens (including phenoxy) is 2. The lowest BCUT2D eigenvalue weighted by molar-refractivity contribution is -0.173. The maximum atomic E-state index is 12.2. The van der Waals surface area contributed by atoms with Crippen molar-refractivity contribution in [3.63, 3.8) is 0 Å². The number of amides is 1. The van der Waals surface area contributed by atoms with Crippen LogP contribution in [0.15, 0.2) is 0 Å². The van der Waals surface area contributed by atoms with Crippen LogP contribution in [0.4, 0.5) is 13.2 Å². The number of nitrogens with one attached hydrogen (secondary N) is 1. The first-order valence-corrected chi connectivity index (χ1v) is 7.30. The number of halogens is 3. The fraction of sp³-hybridized carbons (Fsp3) is 0.857. The van der Waals surface area contributed by atoms with Crippen molar-refractivity contribution in [1.82, 2.24) is 5.32 Å². The van der Waals surface area contributed by atoms with Crippen LogP contribution in [0.2, 0.25) is 0 Å². The molecule has 0 aromatic rings. The molecule has 0 aliphatic carbocycles. The Morgan fingerprint density at radius 3 is 2.55 bits per heavy atom. The predicted octanol–water partition coefficient (Wildman–Crippen LogP) is 2.05. The first-order chi connectivity index (χ1) is 10.2. The Hall–Kier alpha value is -1.31. The summed E-state index contributed by atoms with van der Waals surface area (Å²) < 4.78 is 46.8. The minimum Gasteiger partial charge on any atom is -0.460 e. The zero-order chi connectivity index (χ0) is 16.8. The number of hydrogen-bond acceptors (Lipinski definition) is 4. The Morgan fingerprint density at radius 1 is 1.36 bits per heavy atom. The summed E-state index contributed by atoms with van der Waals surface area (Å²) in [6, 6.07) is 0. The molecule has 0 spiro atoms. The first kappa shape index (κ1) is 18.7. The molecule has 1 aliphatic heterocycles. The van der Waals surface area contributed by atoms with Crippen molar-refractivity contribution in [3.8, 4) is 0 Å². The molecular formula is C14H22F3NO4. The van der Waals surface area contributed by atoms with Crippen LogP contribution in [0.1, 0.15) is 33.1 Å². The number of alkyl halides is 3. The summed E-state index contributed by atoms with van der Waals surface area (Å²) in [5.74, 6) is -2.65. The van der Waals surface area contributed by atoms with Crippen LogP contribution in [0.5, 0.6) is 0 Å². The van der Waals surface area contributed by atoms with E-state index in [2.05, 4.69) is 0 Å². The van der Waals surface area contributed by atoms with Gasteiger partial charge < -0.3 is 14.8 Å². The summed E-state index contributed by atoms with van der Waals surface area (Å²) in [6.07, 6.45) is -4.06. The summed E-state index contributed by atoms with van der Waals surface area (Å²) in [5.41, 5.74) is 0. The van der Waals surface area contributed by atoms with E-state index >= 15 is 0 Å². The molecule has 1 saturated heterocycles. The fourth-order valence-electron chi connectivity index (χ4n) is 2.32. The second-order valence-electron chi connectivity index (χ2n) is 5.88. The highest BCUT2D eigenvalue weighted by Gasteiger charge is 2.38. The van der Waals surface area contributed by atoms with E-state index in [9.17, 15) is 22.8 Å². The van der Waals surface area contributed by atoms with Crippen LogP contribution >= 0.6 is 0 Å². The molecule has 0 bridgehead atoms. The number of carbonyl (C=O) groups excluding carboxylic acids is 2. The van der Waals surface area contributed by atoms with Gasteiger partial charge in [0, 0.05) is 13.0 Å². The lowest BCUT2D eigenvalue weighted by Crippen LogP contribution is -2.40. The highest BCUT2D eigenvalue weighted by molar-refractivity contribution is 5.81. The number of rotatable bonds is 7. The van der Waals surface area contributed by atoms with E-state index in [1.807, 2.05) is 19.2 Å². The summed E-state index contributed by atoms with van der Waals surface area (Å²) in [6.45, 7) is 4.48. The Bertz CT molecular complexity index is 379. The van der Waals surface area contributed by atoms with E-state index in [4.69, 9.17) is 9.47 Å². The van der Waals surface area contributed by atoms with Crippen LogP contribution in [-0.4, -0.2) is 43.9 Å². The van der Waals surface area contributed by atoms with Gasteiger partial charge in [-0.1, -0.05) is 13.8 Å². The molecule has 0 saturated carbocycles. The van der Waals surface area contributed by atoms with Crippen molar-refractivity contribution in [2.24, 2.45) is 11.8 Å². The maximum Gasteiger partial charge on any atom is 0.471 e. The van der Waals surface area contributed by atoms with Gasteiger partial charge in [0.1, 0.15) is 6.10 Å². The summed E-state index contributed by atoms with van der Waals surface area (Å²) in [4.78, 5) is 22.7. The maximum absolute atomic E-state index is 12.2. The molecule has 128 valence electrons. The van der Waals surface area contributed by atoms with E-state index in [1.54, 1.807) is 0 Å². The largest absolute Gasteiger partial charge is 0.471 e. The molecule has 0 aromatic heterocycles. The second-order valence-corrected chi connectivity index (χ2v) is 5.88. The van der Waals surface area contributed by atoms with Crippen molar-refractivity contribution < 1.29 is 32.2 Å². The standard InChI is InChI=1S/C14H22F3NO4/c1-9(2)5-10(7-18-13(20)14(15,16)17)6-12(19)22-11-3-4-21-8-11/h9-11H,3-8H2,1-2H3,(H,18,20)/t10-,11?/m0/s1. The first-order valence-electron chi connectivity index (χ1n) is 7.30. The van der Waals surface area contributed by atoms with Gasteiger partial charge in [-0.05, 0) is 18.3 Å². The van der Waals surface area contributed by atoms with E-state index in [-0.39, 0.29) is 30.9 Å². The second kappa shape index (κ2) is 8.36. The summed E-state index contributed by atoms with van der Waals surface area (Å²) in [5, 5.41) is 1.83. The minimum absolute atomic E-state index is 0.0210. The van der Waals surface area contributed by atoms with Gasteiger partial charge in [0.15, 0.2) is 0 Å². The SMILES string of the molecule is CC(C)C[C@H](CNC(=O)C(F)(F)F)CC(=O)OC1CCOC1. The van der Waals surface area contributed by atoms with Crippen LogP contribution < -0.4 is 5.32 Å². The predicted molar refractivity (Wildman–Crippen MR) is 71.9 cm³/mol. The van der Waals surface area contributed by atoms with E-state index in [1.165, 1.54) is 0 Å². The molecule has 1 rings (SSSR count). The van der Waals surface area contributed by atoms with Gasteiger partial charge in [-0.2, -0.15) is 13.2 Å². The molecule has 0 aromatic carbocycles. The molecular weight excluding hydrogens is 303 g/mol. The third-order valence-electron chi connectivity index (χ3n) is 3.25. The third kappa shape index (κ3) is 7.11. The minimum atomic E-state index is -4.91. The van der Waals surface area contributed by atoms with Gasteiger partial charge in [-0.15, -0.1) is 0 Å². The molecule has 1 amide bonds. The summed E-state index contributed by atoms with van der Waals surface area (Å²) >= 11 is 0. The molecule has 22 heavy (non-hydrogen) atoms. The fourth-order valence-corrected chi connectivity index (χ4v) is 2.32. The van der Waals surface area contributed by atoms with Crippen molar-refractivity contribution in [1.29, 1.82) is 0 Å². The van der Waals surface area contributed by atoms with Crippen molar-refractivity contribution in [2.75, 3.05) is 19.8 Å². The van der Waals surface area contributed by atoms with Crippen LogP contribution in [0.25, 0.3) is 0 Å². The Morgan fingerprint density at radius 2 is 2.05 bits per heavy atom. The molecule has 1 unspecified atom stereocenters. The van der Waals surface area contributed by atoms with E-state index in [0.29, 0.717) is 26.1 Å². The molecule has 8 heteroatoms. The number of hydrogen-bond donors (Lipinski definition) is 1. The quantitative estimate of drug-likeness (QED) is 0.728. The van der Waals surface area contributed by atoms with Gasteiger partial charge in [-0.25, -0.2) is 0 Å². The van der Waals surface area contributed by atoms with Gasteiger partial charge in [0.25, 0.3) is 0 Å². The topological polar surface area (TPSA) is 64.6 Å². The molecule has 0 radical (unpaired) electrons. The van der Waals surface area contributed by atoms with Gasteiger partial charge >= 0.3 is 18.1 Å². The molecule has 1 N–H and O–H groups in total. The van der Waals surface area contributed by atoms with Crippen molar-refractivity contribution >= 4 is 11.9 Å². The normalized spacial score (nSPS) is 20.0. The smallest absolute Gasteiger partial charge is 0.460 e. The average molecular weight is 325 g/mol. The highest BCUT2D eigenvalue weighted by atomic mass is 19.4. The van der Waals surface area contributed by atoms with Gasteiger partial charge in [0.05, 0.1) is 19.6 Å². The van der Waals surface area contributed by atoms with E-state index < -0.39 is 18.1 Å². The van der Waals surface area contributed by atoms with Crippen molar-refractivity contribution in [2.45, 2.75) is 45.4 Å². The lowest BCUT2D eigenvalue weighted by Gasteiger charge is -2.20. The Labute approximate surface area is 127 Å². The zero-order valence-electron chi connectivity index (χ0n) is 12.7. The van der Waals surface area contributed by atoms with Crippen LogP contribution in [0.3, 0.4) is 0 Å². The molecule has 1 aliphatic rings. The lowest BCUT2D eigenvalue weighted by atomic mass is 9.94. The Balaban J connectivity index is 2.45. The monoisotopic (exact) mass is 325 g/mol. The van der Waals surface area contributed by atoms with Crippen LogP contribution in [-0.2, 0) is 19.1 Å². The van der Waals surface area contributed by atoms with Gasteiger partial charge in [0.2, 0.25) is 0 Å². The number of carbonyl (C=O) groups is 2. The van der Waals surface area contributed by atoms with Crippen molar-refractivity contribution in [3.05, 3.63) is 0 Å². The molecule has 1 heterocycles. The van der Waals surface area contributed by atoms with Gasteiger partial charge in [-0.3, -0.25) is 9.59 Å². The zero-order valence-corrected chi connectivity index (χ0v) is 12.7. The van der Waals surface area contributed by atoms with Crippen LogP contribution in [0, 0.1) is 11.8 Å². The third-order valence-corrected chi connectivity index (χ3v) is 3.25. The summed E-state index contributed by atoms with van der Waals surface area (Å²) in [7, 11) is 0. The molecule has 1 fully saturated rings. The highest BCUT2D eigenvalue weighted by Crippen LogP contribution is 2.19. The average Bonchev–Trinajstić information content (AvgIpc) is 2.86. The van der Waals surface area contributed by atoms with E-state index in [0.717, 1.165) is 0 Å².